The fourth-order valence-corrected chi connectivity index (χ4v) is 8.72. The number of aliphatic hydroxyl groups is 2. The van der Waals surface area contributed by atoms with Crippen molar-refractivity contribution in [3.8, 4) is 0 Å². The lowest BCUT2D eigenvalue weighted by Crippen LogP contribution is -2.63. The van der Waals surface area contributed by atoms with Crippen LogP contribution in [0.3, 0.4) is 0 Å². The fourth-order valence-electron chi connectivity index (χ4n) is 8.72. The molecule has 196 valence electrons. The van der Waals surface area contributed by atoms with Gasteiger partial charge in [-0.3, -0.25) is 5.10 Å². The number of nitrogen functional groups attached to an aromatic ring is 1. The number of likely N-dealkylation sites (N-methyl/N-ethyl adjacent to an activating group) is 1. The molecule has 7 rings (SSSR count). The zero-order valence-electron chi connectivity index (χ0n) is 22.4. The number of ether oxygens (including phenoxy) is 1. The number of aromatic amines is 1. The molecule has 7 atom stereocenters. The molecule has 1 saturated heterocycles. The van der Waals surface area contributed by atoms with E-state index in [9.17, 15) is 10.2 Å². The van der Waals surface area contributed by atoms with Crippen LogP contribution in [0.4, 0.5) is 5.82 Å². The highest BCUT2D eigenvalue weighted by atomic mass is 16.5. The summed E-state index contributed by atoms with van der Waals surface area (Å²) in [5.41, 5.74) is 10.5. The molecule has 1 unspecified atom stereocenters. The molecule has 1 aromatic carbocycles. The van der Waals surface area contributed by atoms with Crippen LogP contribution in [0.15, 0.2) is 47.6 Å². The maximum absolute atomic E-state index is 11.3. The van der Waals surface area contributed by atoms with Gasteiger partial charge in [-0.2, -0.15) is 5.10 Å². The number of anilines is 1. The van der Waals surface area contributed by atoms with Gasteiger partial charge in [-0.15, -0.1) is 0 Å². The van der Waals surface area contributed by atoms with Crippen molar-refractivity contribution in [2.24, 2.45) is 16.7 Å². The minimum absolute atomic E-state index is 0.149. The Morgan fingerprint density at radius 1 is 1.16 bits per heavy atom. The van der Waals surface area contributed by atoms with Gasteiger partial charge in [0.25, 0.3) is 0 Å². The first-order valence-corrected chi connectivity index (χ1v) is 13.6. The predicted molar refractivity (Wildman–Crippen MR) is 145 cm³/mol. The quantitative estimate of drug-likeness (QED) is 0.498. The number of nitrogens with one attached hydrogen (secondary N) is 1. The first-order chi connectivity index (χ1) is 17.4. The molecule has 2 bridgehead atoms. The van der Waals surface area contributed by atoms with E-state index in [4.69, 9.17) is 10.5 Å². The second-order valence-electron chi connectivity index (χ2n) is 13.1. The molecular weight excluding hydrogens is 464 g/mol. The Morgan fingerprint density at radius 2 is 1.95 bits per heavy atom. The van der Waals surface area contributed by atoms with Gasteiger partial charge in [-0.25, -0.2) is 0 Å². The predicted octanol–water partition coefficient (Wildman–Crippen LogP) is 3.80. The van der Waals surface area contributed by atoms with E-state index >= 15 is 0 Å². The summed E-state index contributed by atoms with van der Waals surface area (Å²) in [4.78, 5) is 2.03. The van der Waals surface area contributed by atoms with Crippen LogP contribution < -0.4 is 5.73 Å². The van der Waals surface area contributed by atoms with Crippen LogP contribution in [-0.4, -0.2) is 68.9 Å². The van der Waals surface area contributed by atoms with E-state index in [0.717, 1.165) is 35.7 Å². The molecule has 7 heteroatoms. The van der Waals surface area contributed by atoms with E-state index in [1.807, 2.05) is 19.0 Å². The van der Waals surface area contributed by atoms with Gasteiger partial charge in [0.15, 0.2) is 5.82 Å². The molecule has 0 amide bonds. The normalized spacial score (nSPS) is 41.7. The summed E-state index contributed by atoms with van der Waals surface area (Å²) in [5.74, 6) is 0.793. The number of nitrogens with zero attached hydrogens (tertiary/aromatic N) is 2. The third-order valence-electron chi connectivity index (χ3n) is 11.0. The molecule has 2 fully saturated rings. The van der Waals surface area contributed by atoms with Crippen molar-refractivity contribution < 1.29 is 14.9 Å². The Morgan fingerprint density at radius 3 is 2.70 bits per heavy atom. The Balaban J connectivity index is 1.37. The third-order valence-corrected chi connectivity index (χ3v) is 11.0. The van der Waals surface area contributed by atoms with E-state index in [2.05, 4.69) is 67.4 Å². The smallest absolute Gasteiger partial charge is 0.153 e. The van der Waals surface area contributed by atoms with Gasteiger partial charge in [0, 0.05) is 22.8 Å². The molecule has 3 aliphatic carbocycles. The van der Waals surface area contributed by atoms with Gasteiger partial charge in [0.2, 0.25) is 0 Å². The molecule has 2 aromatic rings. The minimum atomic E-state index is -0.918. The molecule has 0 radical (unpaired) electrons. The van der Waals surface area contributed by atoms with Crippen LogP contribution in [0.5, 0.6) is 0 Å². The summed E-state index contributed by atoms with van der Waals surface area (Å²) in [6.45, 7) is 7.07. The molecule has 7 nitrogen and oxygen atoms in total. The third kappa shape index (κ3) is 2.73. The number of aliphatic hydroxyl groups excluding tert-OH is 2. The second-order valence-corrected chi connectivity index (χ2v) is 13.1. The molecule has 1 saturated carbocycles. The standard InChI is InChI=1S/C30H38N4O3/c1-27(2)14-17-13-20-24(35)25(36)22(34(4)5)15-29(20)10-11-30(17,37-29)23-9-7-19(28(23,27)3)16-6-8-21-18(12-16)26(31)33-32-21/h6-8,12-14,22-25,35-36H,9-11,15H2,1-5H3,(H3,31,32,33)/t22-,23?,24+,25+,28+,29+,30+/m0/s1. The lowest BCUT2D eigenvalue weighted by Gasteiger charge is -2.60. The summed E-state index contributed by atoms with van der Waals surface area (Å²) in [5, 5.41) is 30.4. The summed E-state index contributed by atoms with van der Waals surface area (Å²) in [7, 11) is 3.95. The van der Waals surface area contributed by atoms with Gasteiger partial charge in [-0.1, -0.05) is 45.1 Å². The van der Waals surface area contributed by atoms with Gasteiger partial charge in [0.1, 0.15) is 6.10 Å². The SMILES string of the molecule is CN(C)[C@H]1C[C@@]23CC[C@@]4(O2)C(=CC(C)(C)[C@]2(C)C(c5ccc6[nH]nc(N)c6c5)=CCC42)C=C3[C@@H](O)[C@@H]1O. The number of hydrogen-bond donors (Lipinski definition) is 4. The topological polar surface area (TPSA) is 108 Å². The number of hydrogen-bond acceptors (Lipinski definition) is 6. The highest BCUT2D eigenvalue weighted by molar-refractivity contribution is 5.92. The molecule has 2 spiro atoms. The van der Waals surface area contributed by atoms with Crippen LogP contribution in [0.1, 0.15) is 52.0 Å². The van der Waals surface area contributed by atoms with E-state index in [0.29, 0.717) is 12.2 Å². The number of fused-ring (bicyclic) bond motifs is 2. The van der Waals surface area contributed by atoms with Gasteiger partial charge >= 0.3 is 0 Å². The van der Waals surface area contributed by atoms with E-state index in [1.54, 1.807) is 0 Å². The maximum atomic E-state index is 11.3. The molecule has 37 heavy (non-hydrogen) atoms. The molecule has 2 aliphatic heterocycles. The second kappa shape index (κ2) is 7.14. The van der Waals surface area contributed by atoms with Crippen molar-refractivity contribution in [2.45, 2.75) is 75.9 Å². The number of nitrogens with two attached hydrogens (primary N) is 1. The van der Waals surface area contributed by atoms with Gasteiger partial charge in [0.05, 0.1) is 22.8 Å². The zero-order valence-corrected chi connectivity index (χ0v) is 22.4. The van der Waals surface area contributed by atoms with Crippen molar-refractivity contribution in [1.82, 2.24) is 15.1 Å². The zero-order chi connectivity index (χ0) is 26.1. The summed E-state index contributed by atoms with van der Waals surface area (Å²) >= 11 is 0. The molecule has 5 N–H and O–H groups in total. The maximum Gasteiger partial charge on any atom is 0.153 e. The first kappa shape index (κ1) is 23.7. The van der Waals surface area contributed by atoms with Crippen LogP contribution >= 0.6 is 0 Å². The largest absolute Gasteiger partial charge is 0.388 e. The van der Waals surface area contributed by atoms with Crippen molar-refractivity contribution in [3.63, 3.8) is 0 Å². The van der Waals surface area contributed by atoms with Crippen LogP contribution in [-0.2, 0) is 4.74 Å². The summed E-state index contributed by atoms with van der Waals surface area (Å²) < 4.78 is 7.31. The Kier molecular flexibility index (Phi) is 4.57. The monoisotopic (exact) mass is 502 g/mol. The van der Waals surface area contributed by atoms with E-state index in [-0.39, 0.29) is 22.8 Å². The Bertz CT molecular complexity index is 1420. The number of aromatic nitrogens is 2. The van der Waals surface area contributed by atoms with Gasteiger partial charge < -0.3 is 25.6 Å². The van der Waals surface area contributed by atoms with Crippen LogP contribution in [0.25, 0.3) is 16.5 Å². The number of allylic oxidation sites excluding steroid dienone is 3. The number of rotatable bonds is 2. The van der Waals surface area contributed by atoms with Crippen molar-refractivity contribution in [2.75, 3.05) is 19.8 Å². The van der Waals surface area contributed by atoms with Gasteiger partial charge in [-0.05, 0) is 79.6 Å². The van der Waals surface area contributed by atoms with Crippen molar-refractivity contribution >= 4 is 22.3 Å². The Hall–Kier alpha value is -2.45. The van der Waals surface area contributed by atoms with Crippen molar-refractivity contribution in [1.29, 1.82) is 0 Å². The lowest BCUT2D eigenvalue weighted by atomic mass is 9.49. The number of H-pyrrole nitrogens is 1. The van der Waals surface area contributed by atoms with E-state index < -0.39 is 23.4 Å². The molecular formula is C30H38N4O3. The average Bonchev–Trinajstić information content (AvgIpc) is 3.51. The Labute approximate surface area is 218 Å². The molecule has 3 heterocycles. The fraction of sp³-hybridized carbons (Fsp3) is 0.567. The highest BCUT2D eigenvalue weighted by Crippen LogP contribution is 2.71. The highest BCUT2D eigenvalue weighted by Gasteiger charge is 2.70. The minimum Gasteiger partial charge on any atom is -0.388 e. The van der Waals surface area contributed by atoms with E-state index in [1.165, 1.54) is 16.7 Å². The molecule has 1 aromatic heterocycles. The average molecular weight is 503 g/mol. The molecule has 5 aliphatic rings. The van der Waals surface area contributed by atoms with Crippen molar-refractivity contribution in [3.05, 3.63) is 53.1 Å². The lowest BCUT2D eigenvalue weighted by molar-refractivity contribution is -0.170. The summed E-state index contributed by atoms with van der Waals surface area (Å²) in [6.07, 6.45) is 8.70. The summed E-state index contributed by atoms with van der Waals surface area (Å²) in [6, 6.07) is 6.29. The number of benzene rings is 1. The van der Waals surface area contributed by atoms with Crippen LogP contribution in [0, 0.1) is 16.7 Å². The van der Waals surface area contributed by atoms with Crippen LogP contribution in [0.2, 0.25) is 0 Å². The first-order valence-electron chi connectivity index (χ1n) is 13.6.